The Balaban J connectivity index is 1.54. The van der Waals surface area contributed by atoms with Crippen LogP contribution in [0.1, 0.15) is 30.9 Å². The molecule has 0 radical (unpaired) electrons. The first-order chi connectivity index (χ1) is 16.4. The molecule has 34 heavy (non-hydrogen) atoms. The molecule has 3 aliphatic rings. The van der Waals surface area contributed by atoms with Gasteiger partial charge in [-0.1, -0.05) is 37.0 Å². The standard InChI is InChI=1S/C24H29N5O3S2/c1-3-26-8-10-27(11-9-26)21-18(22(30)28-14-16(2)6-7-20(28)25-21)13-19-23(31)29(24(33)34-19)15-17-5-4-12-32-17/h6-7,13-14,17H,3-5,8-12,15H2,1-2H3. The molecule has 5 rings (SSSR count). The smallest absolute Gasteiger partial charge is 0.267 e. The lowest BCUT2D eigenvalue weighted by Crippen LogP contribution is -2.47. The molecule has 1 amide bonds. The number of aromatic nitrogens is 2. The number of rotatable bonds is 5. The van der Waals surface area contributed by atoms with E-state index in [0.717, 1.165) is 57.7 Å². The fraction of sp³-hybridized carbons (Fsp3) is 0.500. The number of hydrogen-bond acceptors (Lipinski definition) is 8. The summed E-state index contributed by atoms with van der Waals surface area (Å²) in [4.78, 5) is 38.4. The molecule has 0 N–H and O–H groups in total. The van der Waals surface area contributed by atoms with Crippen LogP contribution in [0.15, 0.2) is 28.0 Å². The van der Waals surface area contributed by atoms with Crippen LogP contribution in [0.4, 0.5) is 5.82 Å². The highest BCUT2D eigenvalue weighted by molar-refractivity contribution is 8.26. The zero-order valence-corrected chi connectivity index (χ0v) is 21.2. The fourth-order valence-corrected chi connectivity index (χ4v) is 5.93. The average Bonchev–Trinajstić information content (AvgIpc) is 3.45. The van der Waals surface area contributed by atoms with Crippen LogP contribution in [-0.4, -0.2) is 81.4 Å². The molecule has 3 saturated heterocycles. The second-order valence-corrected chi connectivity index (χ2v) is 10.6. The van der Waals surface area contributed by atoms with E-state index < -0.39 is 0 Å². The summed E-state index contributed by atoms with van der Waals surface area (Å²) in [5, 5.41) is 0. The normalized spacial score (nSPS) is 23.1. The number of amides is 1. The number of ether oxygens (including phenoxy) is 1. The van der Waals surface area contributed by atoms with E-state index in [9.17, 15) is 9.59 Å². The Morgan fingerprint density at radius 2 is 2.03 bits per heavy atom. The highest BCUT2D eigenvalue weighted by atomic mass is 32.2. The molecule has 0 aliphatic carbocycles. The highest BCUT2D eigenvalue weighted by Gasteiger charge is 2.35. The van der Waals surface area contributed by atoms with E-state index in [4.69, 9.17) is 21.9 Å². The average molecular weight is 500 g/mol. The number of thioether (sulfide) groups is 1. The first-order valence-electron chi connectivity index (χ1n) is 11.8. The van der Waals surface area contributed by atoms with Crippen molar-refractivity contribution in [2.75, 3.05) is 50.8 Å². The number of pyridine rings is 1. The maximum Gasteiger partial charge on any atom is 0.267 e. The third kappa shape index (κ3) is 4.51. The number of hydrogen-bond donors (Lipinski definition) is 0. The Morgan fingerprint density at radius 3 is 2.74 bits per heavy atom. The van der Waals surface area contributed by atoms with Gasteiger partial charge in [0.05, 0.1) is 23.1 Å². The lowest BCUT2D eigenvalue weighted by molar-refractivity contribution is -0.123. The first kappa shape index (κ1) is 23.5. The summed E-state index contributed by atoms with van der Waals surface area (Å²) < 4.78 is 7.78. The van der Waals surface area contributed by atoms with Gasteiger partial charge in [0, 0.05) is 39.0 Å². The SMILES string of the molecule is CCN1CCN(c2nc3ccc(C)cn3c(=O)c2C=C2SC(=S)N(CC3CCCO3)C2=O)CC1. The molecule has 2 aromatic heterocycles. The quantitative estimate of drug-likeness (QED) is 0.459. The molecule has 0 saturated carbocycles. The van der Waals surface area contributed by atoms with Gasteiger partial charge in [-0.15, -0.1) is 0 Å². The third-order valence-corrected chi connectivity index (χ3v) is 8.04. The number of fused-ring (bicyclic) bond motifs is 1. The molecule has 3 aliphatic heterocycles. The summed E-state index contributed by atoms with van der Waals surface area (Å²) in [7, 11) is 0. The number of anilines is 1. The van der Waals surface area contributed by atoms with Crippen LogP contribution in [0.3, 0.4) is 0 Å². The van der Waals surface area contributed by atoms with Crippen molar-refractivity contribution in [2.45, 2.75) is 32.8 Å². The van der Waals surface area contributed by atoms with E-state index in [1.165, 1.54) is 11.8 Å². The maximum absolute atomic E-state index is 13.7. The van der Waals surface area contributed by atoms with Crippen molar-refractivity contribution >= 4 is 51.7 Å². The Morgan fingerprint density at radius 1 is 1.24 bits per heavy atom. The predicted octanol–water partition coefficient (Wildman–Crippen LogP) is 2.53. The van der Waals surface area contributed by atoms with Gasteiger partial charge in [-0.05, 0) is 44.0 Å². The third-order valence-electron chi connectivity index (χ3n) is 6.66. The maximum atomic E-state index is 13.7. The minimum absolute atomic E-state index is 0.0169. The zero-order valence-electron chi connectivity index (χ0n) is 19.5. The number of aryl methyl sites for hydroxylation is 1. The Hall–Kier alpha value is -2.27. The van der Waals surface area contributed by atoms with Gasteiger partial charge >= 0.3 is 0 Å². The number of nitrogens with zero attached hydrogens (tertiary/aromatic N) is 5. The van der Waals surface area contributed by atoms with Crippen molar-refractivity contribution in [2.24, 2.45) is 0 Å². The summed E-state index contributed by atoms with van der Waals surface area (Å²) in [6.45, 7) is 9.67. The Bertz CT molecular complexity index is 1210. The molecule has 1 unspecified atom stereocenters. The molecule has 0 spiro atoms. The zero-order chi connectivity index (χ0) is 23.8. The van der Waals surface area contributed by atoms with Crippen LogP contribution in [0, 0.1) is 6.92 Å². The van der Waals surface area contributed by atoms with Crippen molar-refractivity contribution in [1.29, 1.82) is 0 Å². The van der Waals surface area contributed by atoms with Gasteiger partial charge in [0.2, 0.25) is 0 Å². The number of likely N-dealkylation sites (N-methyl/N-ethyl adjacent to an activating group) is 1. The second-order valence-electron chi connectivity index (χ2n) is 8.94. The Kier molecular flexibility index (Phi) is 6.74. The summed E-state index contributed by atoms with van der Waals surface area (Å²) in [6, 6.07) is 3.82. The Labute approximate surface area is 208 Å². The summed E-state index contributed by atoms with van der Waals surface area (Å²) in [5.41, 5.74) is 1.83. The van der Waals surface area contributed by atoms with E-state index in [-0.39, 0.29) is 17.6 Å². The van der Waals surface area contributed by atoms with Crippen molar-refractivity contribution in [3.63, 3.8) is 0 Å². The summed E-state index contributed by atoms with van der Waals surface area (Å²) in [6.07, 6.45) is 5.44. The van der Waals surface area contributed by atoms with Crippen LogP contribution in [-0.2, 0) is 9.53 Å². The van der Waals surface area contributed by atoms with Gasteiger partial charge in [-0.2, -0.15) is 0 Å². The molecule has 1 atom stereocenters. The lowest BCUT2D eigenvalue weighted by atomic mass is 10.2. The van der Waals surface area contributed by atoms with Crippen LogP contribution in [0.5, 0.6) is 0 Å². The van der Waals surface area contributed by atoms with Gasteiger partial charge in [0.25, 0.3) is 11.5 Å². The number of carbonyl (C=O) groups is 1. The number of thiocarbonyl (C=S) groups is 1. The van der Waals surface area contributed by atoms with E-state index in [2.05, 4.69) is 16.7 Å². The van der Waals surface area contributed by atoms with Gasteiger partial charge in [-0.25, -0.2) is 4.98 Å². The molecule has 10 heteroatoms. The molecule has 8 nitrogen and oxygen atoms in total. The minimum atomic E-state index is -0.175. The molecule has 3 fully saturated rings. The van der Waals surface area contributed by atoms with E-state index >= 15 is 0 Å². The molecular formula is C24H29N5O3S2. The summed E-state index contributed by atoms with van der Waals surface area (Å²) in [5.74, 6) is 0.468. The van der Waals surface area contributed by atoms with Crippen LogP contribution in [0.25, 0.3) is 11.7 Å². The molecule has 5 heterocycles. The highest BCUT2D eigenvalue weighted by Crippen LogP contribution is 2.34. The first-order valence-corrected chi connectivity index (χ1v) is 13.0. The minimum Gasteiger partial charge on any atom is -0.376 e. The monoisotopic (exact) mass is 499 g/mol. The molecule has 2 aromatic rings. The molecule has 0 aromatic carbocycles. The van der Waals surface area contributed by atoms with Gasteiger partial charge in [0.1, 0.15) is 15.8 Å². The number of carbonyl (C=O) groups excluding carboxylic acids is 1. The van der Waals surface area contributed by atoms with Crippen LogP contribution < -0.4 is 10.5 Å². The second kappa shape index (κ2) is 9.77. The predicted molar refractivity (Wildman–Crippen MR) is 139 cm³/mol. The largest absolute Gasteiger partial charge is 0.376 e. The van der Waals surface area contributed by atoms with E-state index in [1.807, 2.05) is 19.1 Å². The van der Waals surface area contributed by atoms with Gasteiger partial charge in [-0.3, -0.25) is 18.9 Å². The van der Waals surface area contributed by atoms with Crippen molar-refractivity contribution in [3.05, 3.63) is 44.7 Å². The van der Waals surface area contributed by atoms with Crippen molar-refractivity contribution < 1.29 is 9.53 Å². The van der Waals surface area contributed by atoms with Crippen LogP contribution >= 0.6 is 24.0 Å². The van der Waals surface area contributed by atoms with E-state index in [1.54, 1.807) is 21.6 Å². The molecule has 180 valence electrons. The topological polar surface area (TPSA) is 70.4 Å². The van der Waals surface area contributed by atoms with Gasteiger partial charge in [0.15, 0.2) is 0 Å². The molecular weight excluding hydrogens is 470 g/mol. The fourth-order valence-electron chi connectivity index (χ4n) is 4.67. The summed E-state index contributed by atoms with van der Waals surface area (Å²) >= 11 is 6.76. The van der Waals surface area contributed by atoms with Crippen molar-refractivity contribution in [1.82, 2.24) is 19.2 Å². The van der Waals surface area contributed by atoms with Crippen molar-refractivity contribution in [3.8, 4) is 0 Å². The van der Waals surface area contributed by atoms with Gasteiger partial charge < -0.3 is 14.5 Å². The van der Waals surface area contributed by atoms with E-state index in [0.29, 0.717) is 32.8 Å². The van der Waals surface area contributed by atoms with Crippen LogP contribution in [0.2, 0.25) is 0 Å². The number of piperazine rings is 1. The molecule has 0 bridgehead atoms. The lowest BCUT2D eigenvalue weighted by Gasteiger charge is -2.35.